The average Bonchev–Trinajstić information content (AvgIpc) is 3.09. The number of nitrogens with zero attached hydrogens (tertiary/aromatic N) is 2. The highest BCUT2D eigenvalue weighted by Gasteiger charge is 2.34. The quantitative estimate of drug-likeness (QED) is 0.866. The van der Waals surface area contributed by atoms with Crippen LogP contribution in [0.4, 0.5) is 4.79 Å². The van der Waals surface area contributed by atoms with E-state index in [-0.39, 0.29) is 18.0 Å². The van der Waals surface area contributed by atoms with Crippen molar-refractivity contribution in [2.45, 2.75) is 51.1 Å². The van der Waals surface area contributed by atoms with Crippen molar-refractivity contribution in [3.05, 3.63) is 17.5 Å². The van der Waals surface area contributed by atoms with Gasteiger partial charge in [-0.15, -0.1) is 0 Å². The van der Waals surface area contributed by atoms with Gasteiger partial charge in [-0.3, -0.25) is 4.79 Å². The van der Waals surface area contributed by atoms with Crippen LogP contribution < -0.4 is 10.6 Å². The van der Waals surface area contributed by atoms with E-state index in [1.807, 2.05) is 13.0 Å². The number of rotatable bonds is 2. The second-order valence-corrected chi connectivity index (χ2v) is 6.01. The van der Waals surface area contributed by atoms with Gasteiger partial charge >= 0.3 is 6.03 Å². The van der Waals surface area contributed by atoms with E-state index in [0.717, 1.165) is 37.1 Å². The zero-order valence-electron chi connectivity index (χ0n) is 12.8. The van der Waals surface area contributed by atoms with Crippen molar-refractivity contribution in [2.24, 2.45) is 0 Å². The zero-order chi connectivity index (χ0) is 15.5. The highest BCUT2D eigenvalue weighted by molar-refractivity contribution is 5.87. The second kappa shape index (κ2) is 6.37. The Morgan fingerprint density at radius 3 is 3.05 bits per heavy atom. The summed E-state index contributed by atoms with van der Waals surface area (Å²) < 4.78 is 5.31. The highest BCUT2D eigenvalue weighted by atomic mass is 16.5. The Morgan fingerprint density at radius 2 is 2.27 bits per heavy atom. The summed E-state index contributed by atoms with van der Waals surface area (Å²) in [5.74, 6) is 0.632. The minimum atomic E-state index is -0.437. The van der Waals surface area contributed by atoms with Crippen molar-refractivity contribution < 1.29 is 14.1 Å². The molecule has 3 heterocycles. The van der Waals surface area contributed by atoms with Crippen LogP contribution in [0.1, 0.15) is 49.6 Å². The number of aryl methyl sites for hydroxylation is 1. The Hall–Kier alpha value is -2.05. The number of urea groups is 1. The Bertz CT molecular complexity index is 557. The molecule has 3 rings (SSSR count). The lowest BCUT2D eigenvalue weighted by Crippen LogP contribution is -2.50. The van der Waals surface area contributed by atoms with Crippen molar-refractivity contribution in [1.82, 2.24) is 20.7 Å². The fourth-order valence-corrected chi connectivity index (χ4v) is 3.15. The van der Waals surface area contributed by atoms with Crippen LogP contribution in [0.2, 0.25) is 0 Å². The molecule has 120 valence electrons. The van der Waals surface area contributed by atoms with Crippen molar-refractivity contribution in [2.75, 3.05) is 13.1 Å². The number of carbonyl (C=O) groups is 2. The summed E-state index contributed by atoms with van der Waals surface area (Å²) in [6, 6.07) is 1.15. The lowest BCUT2D eigenvalue weighted by molar-refractivity contribution is -0.122. The molecule has 3 amide bonds. The highest BCUT2D eigenvalue weighted by Crippen LogP contribution is 2.32. The minimum absolute atomic E-state index is 0.0860. The normalized spacial score (nSPS) is 25.7. The molecule has 0 saturated carbocycles. The number of likely N-dealkylation sites (tertiary alicyclic amines) is 1. The Labute approximate surface area is 129 Å². The van der Waals surface area contributed by atoms with E-state index < -0.39 is 6.04 Å². The number of amides is 3. The summed E-state index contributed by atoms with van der Waals surface area (Å²) >= 11 is 0. The van der Waals surface area contributed by atoms with Gasteiger partial charge in [0.15, 0.2) is 5.76 Å². The summed E-state index contributed by atoms with van der Waals surface area (Å²) in [5.41, 5.74) is 0.811. The number of aromatic nitrogens is 1. The molecule has 2 saturated heterocycles. The fraction of sp³-hybridized carbons (Fsp3) is 0.667. The SMILES string of the molecule is Cc1cc(C2CCCN2C(=O)NC2CCCCNC2=O)on1. The number of carbonyl (C=O) groups excluding carboxylic acids is 2. The molecule has 2 aliphatic heterocycles. The summed E-state index contributed by atoms with van der Waals surface area (Å²) in [6.07, 6.45) is 4.38. The fourth-order valence-electron chi connectivity index (χ4n) is 3.15. The van der Waals surface area contributed by atoms with Crippen LogP contribution in [0.25, 0.3) is 0 Å². The van der Waals surface area contributed by atoms with Gasteiger partial charge in [0.1, 0.15) is 6.04 Å². The predicted molar refractivity (Wildman–Crippen MR) is 79.1 cm³/mol. The standard InChI is InChI=1S/C15H22N4O3/c1-10-9-13(22-18-10)12-6-4-8-19(12)15(21)17-11-5-2-3-7-16-14(11)20/h9,11-12H,2-8H2,1H3,(H,16,20)(H,17,21). The summed E-state index contributed by atoms with van der Waals surface area (Å²) in [6.45, 7) is 3.22. The molecule has 0 spiro atoms. The van der Waals surface area contributed by atoms with Gasteiger partial charge in [0.05, 0.1) is 11.7 Å². The molecule has 1 aromatic heterocycles. The molecule has 7 heteroatoms. The number of hydrogen-bond donors (Lipinski definition) is 2. The smallest absolute Gasteiger partial charge is 0.318 e. The van der Waals surface area contributed by atoms with Gasteiger partial charge in [-0.2, -0.15) is 0 Å². The molecule has 0 aliphatic carbocycles. The van der Waals surface area contributed by atoms with Crippen molar-refractivity contribution in [1.29, 1.82) is 0 Å². The van der Waals surface area contributed by atoms with Gasteiger partial charge in [-0.25, -0.2) is 4.79 Å². The van der Waals surface area contributed by atoms with Crippen LogP contribution in [-0.2, 0) is 4.79 Å². The average molecular weight is 306 g/mol. The first-order chi connectivity index (χ1) is 10.6. The number of nitrogens with one attached hydrogen (secondary N) is 2. The van der Waals surface area contributed by atoms with Gasteiger partial charge in [-0.1, -0.05) is 5.16 Å². The molecule has 2 unspecified atom stereocenters. The van der Waals surface area contributed by atoms with Gasteiger partial charge in [0, 0.05) is 19.2 Å². The Balaban J connectivity index is 1.66. The maximum Gasteiger partial charge on any atom is 0.318 e. The molecule has 2 N–H and O–H groups in total. The molecule has 2 aliphatic rings. The molecular weight excluding hydrogens is 284 g/mol. The third kappa shape index (κ3) is 3.08. The molecule has 0 radical (unpaired) electrons. The Kier molecular flexibility index (Phi) is 4.31. The van der Waals surface area contributed by atoms with Crippen LogP contribution >= 0.6 is 0 Å². The zero-order valence-corrected chi connectivity index (χ0v) is 12.8. The largest absolute Gasteiger partial charge is 0.359 e. The van der Waals surface area contributed by atoms with E-state index >= 15 is 0 Å². The maximum atomic E-state index is 12.5. The van der Waals surface area contributed by atoms with Gasteiger partial charge in [-0.05, 0) is 39.0 Å². The van der Waals surface area contributed by atoms with E-state index in [1.54, 1.807) is 4.90 Å². The van der Waals surface area contributed by atoms with Crippen LogP contribution in [0.5, 0.6) is 0 Å². The van der Waals surface area contributed by atoms with Crippen LogP contribution in [0.3, 0.4) is 0 Å². The molecule has 1 aromatic rings. The molecule has 2 atom stereocenters. The van der Waals surface area contributed by atoms with Crippen molar-refractivity contribution in [3.63, 3.8) is 0 Å². The van der Waals surface area contributed by atoms with Gasteiger partial charge in [0.2, 0.25) is 5.91 Å². The van der Waals surface area contributed by atoms with Crippen molar-refractivity contribution in [3.8, 4) is 0 Å². The lowest BCUT2D eigenvalue weighted by Gasteiger charge is -2.25. The molecule has 2 fully saturated rings. The lowest BCUT2D eigenvalue weighted by atomic mass is 10.1. The van der Waals surface area contributed by atoms with E-state index in [0.29, 0.717) is 19.5 Å². The van der Waals surface area contributed by atoms with Crippen LogP contribution in [0.15, 0.2) is 10.6 Å². The second-order valence-electron chi connectivity index (χ2n) is 6.01. The van der Waals surface area contributed by atoms with E-state index in [2.05, 4.69) is 15.8 Å². The first-order valence-electron chi connectivity index (χ1n) is 7.93. The third-order valence-corrected chi connectivity index (χ3v) is 4.32. The monoisotopic (exact) mass is 306 g/mol. The molecular formula is C15H22N4O3. The summed E-state index contributed by atoms with van der Waals surface area (Å²) in [5, 5.41) is 9.60. The molecule has 7 nitrogen and oxygen atoms in total. The summed E-state index contributed by atoms with van der Waals surface area (Å²) in [7, 11) is 0. The van der Waals surface area contributed by atoms with E-state index in [9.17, 15) is 9.59 Å². The minimum Gasteiger partial charge on any atom is -0.359 e. The summed E-state index contributed by atoms with van der Waals surface area (Å²) in [4.78, 5) is 26.2. The van der Waals surface area contributed by atoms with Crippen LogP contribution in [0, 0.1) is 6.92 Å². The van der Waals surface area contributed by atoms with Crippen LogP contribution in [-0.4, -0.2) is 41.1 Å². The molecule has 0 bridgehead atoms. The van der Waals surface area contributed by atoms with E-state index in [4.69, 9.17) is 4.52 Å². The first kappa shape index (κ1) is 14.9. The third-order valence-electron chi connectivity index (χ3n) is 4.32. The first-order valence-corrected chi connectivity index (χ1v) is 7.93. The molecule has 22 heavy (non-hydrogen) atoms. The molecule has 0 aromatic carbocycles. The maximum absolute atomic E-state index is 12.5. The van der Waals surface area contributed by atoms with Gasteiger partial charge < -0.3 is 20.1 Å². The topological polar surface area (TPSA) is 87.5 Å². The van der Waals surface area contributed by atoms with Crippen molar-refractivity contribution >= 4 is 11.9 Å². The van der Waals surface area contributed by atoms with E-state index in [1.165, 1.54) is 0 Å². The predicted octanol–water partition coefficient (Wildman–Crippen LogP) is 1.50. The van der Waals surface area contributed by atoms with Gasteiger partial charge in [0.25, 0.3) is 0 Å². The Morgan fingerprint density at radius 1 is 1.41 bits per heavy atom. The number of hydrogen-bond acceptors (Lipinski definition) is 4.